The normalized spacial score (nSPS) is 27.7. The molecule has 1 aliphatic rings. The quantitative estimate of drug-likeness (QED) is 0.817. The van der Waals surface area contributed by atoms with Crippen LogP contribution >= 0.6 is 0 Å². The lowest BCUT2D eigenvalue weighted by Gasteiger charge is -2.27. The maximum Gasteiger partial charge on any atom is 0.407 e. The minimum atomic E-state index is -0.503. The minimum absolute atomic E-state index is 0.268. The molecule has 4 atom stereocenters. The molecule has 0 heterocycles. The third kappa shape index (κ3) is 4.84. The number of amides is 1. The highest BCUT2D eigenvalue weighted by Crippen LogP contribution is 2.33. The Morgan fingerprint density at radius 2 is 2.00 bits per heavy atom. The number of carbonyl (C=O) groups is 1. The second-order valence-electron chi connectivity index (χ2n) is 6.60. The number of aliphatic hydroxyl groups is 1. The van der Waals surface area contributed by atoms with Gasteiger partial charge in [0, 0.05) is 0 Å². The molecular weight excluding hydrogens is 230 g/mol. The first-order chi connectivity index (χ1) is 8.19. The molecule has 0 aliphatic heterocycles. The lowest BCUT2D eigenvalue weighted by atomic mass is 9.94. The van der Waals surface area contributed by atoms with Crippen LogP contribution < -0.4 is 5.32 Å². The topological polar surface area (TPSA) is 58.6 Å². The molecule has 0 aromatic rings. The smallest absolute Gasteiger partial charge is 0.407 e. The summed E-state index contributed by atoms with van der Waals surface area (Å²) >= 11 is 0. The lowest BCUT2D eigenvalue weighted by Crippen LogP contribution is -2.46. The summed E-state index contributed by atoms with van der Waals surface area (Å²) in [4.78, 5) is 11.6. The van der Waals surface area contributed by atoms with Gasteiger partial charge in [0.15, 0.2) is 0 Å². The predicted molar refractivity (Wildman–Crippen MR) is 71.3 cm³/mol. The van der Waals surface area contributed by atoms with E-state index in [4.69, 9.17) is 4.74 Å². The van der Waals surface area contributed by atoms with E-state index in [0.717, 1.165) is 12.8 Å². The van der Waals surface area contributed by atoms with Crippen LogP contribution in [-0.2, 0) is 4.74 Å². The van der Waals surface area contributed by atoms with E-state index in [1.807, 2.05) is 27.7 Å². The SMILES string of the molecule is CC1CCC([C@H](O)[C@@H](C)NC(=O)OC(C)(C)C)C1. The van der Waals surface area contributed by atoms with Crippen LogP contribution in [0.2, 0.25) is 0 Å². The number of nitrogens with one attached hydrogen (secondary N) is 1. The average Bonchev–Trinajstić information content (AvgIpc) is 2.60. The number of aliphatic hydroxyl groups excluding tert-OH is 1. The van der Waals surface area contributed by atoms with Crippen molar-refractivity contribution in [2.75, 3.05) is 0 Å². The molecule has 1 aliphatic carbocycles. The van der Waals surface area contributed by atoms with Crippen LogP contribution in [0.25, 0.3) is 0 Å². The maximum absolute atomic E-state index is 11.6. The summed E-state index contributed by atoms with van der Waals surface area (Å²) in [6, 6.07) is -0.268. The van der Waals surface area contributed by atoms with E-state index in [2.05, 4.69) is 12.2 Å². The van der Waals surface area contributed by atoms with Crippen LogP contribution in [0.4, 0.5) is 4.79 Å². The number of hydrogen-bond donors (Lipinski definition) is 2. The highest BCUT2D eigenvalue weighted by molar-refractivity contribution is 5.68. The van der Waals surface area contributed by atoms with Gasteiger partial charge in [-0.2, -0.15) is 0 Å². The molecule has 0 saturated heterocycles. The standard InChI is InChI=1S/C14H27NO3/c1-9-6-7-11(8-9)12(16)10(2)15-13(17)18-14(3,4)5/h9-12,16H,6-8H2,1-5H3,(H,15,17)/t9?,10-,11?,12-/m1/s1. The van der Waals surface area contributed by atoms with Gasteiger partial charge < -0.3 is 15.2 Å². The van der Waals surface area contributed by atoms with E-state index in [-0.39, 0.29) is 6.04 Å². The van der Waals surface area contributed by atoms with Crippen LogP contribution in [0.3, 0.4) is 0 Å². The van der Waals surface area contributed by atoms with Crippen molar-refractivity contribution in [1.82, 2.24) is 5.32 Å². The van der Waals surface area contributed by atoms with Crippen molar-refractivity contribution < 1.29 is 14.6 Å². The summed E-state index contributed by atoms with van der Waals surface area (Å²) in [6.07, 6.45) is 2.31. The van der Waals surface area contributed by atoms with E-state index in [1.165, 1.54) is 6.42 Å². The molecule has 0 spiro atoms. The molecule has 2 N–H and O–H groups in total. The maximum atomic E-state index is 11.6. The second kappa shape index (κ2) is 5.91. The van der Waals surface area contributed by atoms with Gasteiger partial charge in [-0.15, -0.1) is 0 Å². The number of rotatable bonds is 3. The predicted octanol–water partition coefficient (Wildman–Crippen LogP) is 2.70. The zero-order valence-electron chi connectivity index (χ0n) is 12.2. The zero-order chi connectivity index (χ0) is 13.9. The van der Waals surface area contributed by atoms with E-state index in [0.29, 0.717) is 11.8 Å². The van der Waals surface area contributed by atoms with Gasteiger partial charge in [-0.05, 0) is 52.4 Å². The van der Waals surface area contributed by atoms with Gasteiger partial charge in [0.2, 0.25) is 0 Å². The Bertz CT molecular complexity index is 285. The third-order valence-electron chi connectivity index (χ3n) is 3.48. The molecule has 4 heteroatoms. The fourth-order valence-electron chi connectivity index (χ4n) is 2.55. The number of ether oxygens (including phenoxy) is 1. The fourth-order valence-corrected chi connectivity index (χ4v) is 2.55. The molecule has 1 rings (SSSR count). The zero-order valence-corrected chi connectivity index (χ0v) is 12.2. The van der Waals surface area contributed by atoms with Crippen molar-refractivity contribution >= 4 is 6.09 Å². The second-order valence-corrected chi connectivity index (χ2v) is 6.60. The molecule has 2 unspecified atom stereocenters. The monoisotopic (exact) mass is 257 g/mol. The third-order valence-corrected chi connectivity index (χ3v) is 3.48. The fraction of sp³-hybridized carbons (Fsp3) is 0.929. The summed E-state index contributed by atoms with van der Waals surface area (Å²) < 4.78 is 5.18. The summed E-state index contributed by atoms with van der Waals surface area (Å²) in [5, 5.41) is 12.9. The highest BCUT2D eigenvalue weighted by Gasteiger charge is 2.32. The van der Waals surface area contributed by atoms with Gasteiger partial charge in [0.1, 0.15) is 5.60 Å². The van der Waals surface area contributed by atoms with Crippen molar-refractivity contribution in [1.29, 1.82) is 0 Å². The summed E-state index contributed by atoms with van der Waals surface area (Å²) in [5.74, 6) is 0.975. The van der Waals surface area contributed by atoms with E-state index in [1.54, 1.807) is 0 Å². The molecule has 0 bridgehead atoms. The Hall–Kier alpha value is -0.770. The van der Waals surface area contributed by atoms with Gasteiger partial charge in [-0.3, -0.25) is 0 Å². The Balaban J connectivity index is 2.40. The van der Waals surface area contributed by atoms with Crippen LogP contribution in [0, 0.1) is 11.8 Å². The molecule has 1 amide bonds. The van der Waals surface area contributed by atoms with Gasteiger partial charge in [0.25, 0.3) is 0 Å². The molecule has 1 saturated carbocycles. The van der Waals surface area contributed by atoms with Crippen molar-refractivity contribution in [2.24, 2.45) is 11.8 Å². The van der Waals surface area contributed by atoms with Gasteiger partial charge >= 0.3 is 6.09 Å². The first-order valence-corrected chi connectivity index (χ1v) is 6.86. The van der Waals surface area contributed by atoms with E-state index < -0.39 is 17.8 Å². The molecule has 0 aromatic carbocycles. The van der Waals surface area contributed by atoms with E-state index in [9.17, 15) is 9.90 Å². The Kier molecular flexibility index (Phi) is 5.02. The molecule has 18 heavy (non-hydrogen) atoms. The van der Waals surface area contributed by atoms with Crippen LogP contribution in [-0.4, -0.2) is 28.9 Å². The summed E-state index contributed by atoms with van der Waals surface area (Å²) in [5.41, 5.74) is -0.503. The Labute approximate surface area is 110 Å². The van der Waals surface area contributed by atoms with Crippen molar-refractivity contribution in [2.45, 2.75) is 71.6 Å². The minimum Gasteiger partial charge on any atom is -0.444 e. The first kappa shape index (κ1) is 15.3. The van der Waals surface area contributed by atoms with Crippen molar-refractivity contribution in [3.63, 3.8) is 0 Å². The highest BCUT2D eigenvalue weighted by atomic mass is 16.6. The average molecular weight is 257 g/mol. The Morgan fingerprint density at radius 1 is 1.39 bits per heavy atom. The van der Waals surface area contributed by atoms with Crippen molar-refractivity contribution in [3.05, 3.63) is 0 Å². The summed E-state index contributed by atoms with van der Waals surface area (Å²) in [6.45, 7) is 9.52. The summed E-state index contributed by atoms with van der Waals surface area (Å²) in [7, 11) is 0. The van der Waals surface area contributed by atoms with Gasteiger partial charge in [0.05, 0.1) is 12.1 Å². The van der Waals surface area contributed by atoms with Crippen LogP contribution in [0.1, 0.15) is 53.9 Å². The largest absolute Gasteiger partial charge is 0.444 e. The first-order valence-electron chi connectivity index (χ1n) is 6.86. The molecule has 0 radical (unpaired) electrons. The molecule has 1 fully saturated rings. The van der Waals surface area contributed by atoms with Crippen LogP contribution in [0.15, 0.2) is 0 Å². The molecule has 4 nitrogen and oxygen atoms in total. The molecular formula is C14H27NO3. The van der Waals surface area contributed by atoms with Crippen molar-refractivity contribution in [3.8, 4) is 0 Å². The van der Waals surface area contributed by atoms with E-state index >= 15 is 0 Å². The number of carbonyl (C=O) groups excluding carboxylic acids is 1. The van der Waals surface area contributed by atoms with Gasteiger partial charge in [-0.25, -0.2) is 4.79 Å². The Morgan fingerprint density at radius 3 is 2.44 bits per heavy atom. The van der Waals surface area contributed by atoms with Gasteiger partial charge in [-0.1, -0.05) is 13.3 Å². The molecule has 106 valence electrons. The lowest BCUT2D eigenvalue weighted by molar-refractivity contribution is 0.0351. The number of alkyl carbamates (subject to hydrolysis) is 1. The van der Waals surface area contributed by atoms with Crippen LogP contribution in [0.5, 0.6) is 0 Å². The molecule has 0 aromatic heterocycles. The number of hydrogen-bond acceptors (Lipinski definition) is 3.